The molecule has 1 saturated heterocycles. The fraction of sp³-hybridized carbons (Fsp3) is 0.214. The van der Waals surface area contributed by atoms with E-state index in [2.05, 4.69) is 10.9 Å². The third kappa shape index (κ3) is 1.50. The van der Waals surface area contributed by atoms with Crippen molar-refractivity contribution >= 4 is 22.5 Å². The fourth-order valence-electron chi connectivity index (χ4n) is 2.36. The van der Waals surface area contributed by atoms with E-state index in [0.29, 0.717) is 13.0 Å². The van der Waals surface area contributed by atoms with Crippen molar-refractivity contribution in [3.05, 3.63) is 30.5 Å². The molecule has 1 aliphatic heterocycles. The smallest absolute Gasteiger partial charge is 0.228 e. The van der Waals surface area contributed by atoms with Gasteiger partial charge in [-0.2, -0.15) is 0 Å². The molecule has 1 aromatic carbocycles. The number of H-pyrrole nitrogens is 1. The summed E-state index contributed by atoms with van der Waals surface area (Å²) in [5, 5.41) is 1.07. The Morgan fingerprint density at radius 3 is 3.06 bits per heavy atom. The first-order valence-corrected chi connectivity index (χ1v) is 5.62. The molecule has 1 amide bonds. The molecular weight excluding hydrogens is 212 g/mol. The van der Waals surface area contributed by atoms with Crippen molar-refractivity contribution in [2.45, 2.75) is 6.42 Å². The number of hydrogen-bond acceptors (Lipinski definition) is 1. The predicted octanol–water partition coefficient (Wildman–Crippen LogP) is 2.15. The molecule has 3 rings (SSSR count). The van der Waals surface area contributed by atoms with E-state index in [1.165, 1.54) is 0 Å². The van der Waals surface area contributed by atoms with Gasteiger partial charge in [0, 0.05) is 36.0 Å². The van der Waals surface area contributed by atoms with Gasteiger partial charge in [0.05, 0.1) is 5.69 Å². The van der Waals surface area contributed by atoms with E-state index in [1.807, 2.05) is 30.5 Å². The van der Waals surface area contributed by atoms with Crippen LogP contribution >= 0.6 is 0 Å². The van der Waals surface area contributed by atoms with E-state index in [9.17, 15) is 4.79 Å². The Morgan fingerprint density at radius 2 is 2.29 bits per heavy atom. The van der Waals surface area contributed by atoms with Crippen LogP contribution in [0.1, 0.15) is 6.42 Å². The van der Waals surface area contributed by atoms with Crippen LogP contribution in [0.5, 0.6) is 0 Å². The summed E-state index contributed by atoms with van der Waals surface area (Å²) in [4.78, 5) is 16.9. The molecule has 1 fully saturated rings. The maximum absolute atomic E-state index is 11.9. The highest BCUT2D eigenvalue weighted by atomic mass is 16.2. The number of aromatic nitrogens is 1. The van der Waals surface area contributed by atoms with E-state index in [-0.39, 0.29) is 11.8 Å². The van der Waals surface area contributed by atoms with Crippen LogP contribution in [0, 0.1) is 18.3 Å². The van der Waals surface area contributed by atoms with E-state index < -0.39 is 0 Å². The summed E-state index contributed by atoms with van der Waals surface area (Å²) in [5.41, 5.74) is 1.99. The van der Waals surface area contributed by atoms with Crippen LogP contribution in [0.15, 0.2) is 30.5 Å². The lowest BCUT2D eigenvalue weighted by Gasteiger charge is -2.17. The summed E-state index contributed by atoms with van der Waals surface area (Å²) in [6, 6.07) is 7.90. The third-order valence-corrected chi connectivity index (χ3v) is 3.22. The maximum atomic E-state index is 11.9. The van der Waals surface area contributed by atoms with Crippen molar-refractivity contribution in [2.24, 2.45) is 5.92 Å². The lowest BCUT2D eigenvalue weighted by atomic mass is 10.1. The number of amides is 1. The van der Waals surface area contributed by atoms with Crippen LogP contribution in [0.3, 0.4) is 0 Å². The number of terminal acetylenes is 1. The normalized spacial score (nSPS) is 19.8. The van der Waals surface area contributed by atoms with Crippen LogP contribution in [0.4, 0.5) is 5.69 Å². The molecule has 3 nitrogen and oxygen atoms in total. The van der Waals surface area contributed by atoms with Crippen molar-refractivity contribution in [2.75, 3.05) is 11.4 Å². The molecule has 0 saturated carbocycles. The van der Waals surface area contributed by atoms with Crippen molar-refractivity contribution in [3.63, 3.8) is 0 Å². The summed E-state index contributed by atoms with van der Waals surface area (Å²) in [6.07, 6.45) is 7.73. The van der Waals surface area contributed by atoms with Gasteiger partial charge >= 0.3 is 0 Å². The van der Waals surface area contributed by atoms with Crippen LogP contribution in [-0.2, 0) is 4.79 Å². The summed E-state index contributed by atoms with van der Waals surface area (Å²) >= 11 is 0. The second-order valence-electron chi connectivity index (χ2n) is 4.29. The largest absolute Gasteiger partial charge is 0.361 e. The fourth-order valence-corrected chi connectivity index (χ4v) is 2.36. The third-order valence-electron chi connectivity index (χ3n) is 3.22. The second-order valence-corrected chi connectivity index (χ2v) is 4.29. The van der Waals surface area contributed by atoms with Gasteiger partial charge in [-0.15, -0.1) is 12.3 Å². The summed E-state index contributed by atoms with van der Waals surface area (Å²) in [6.45, 7) is 0.625. The zero-order valence-electron chi connectivity index (χ0n) is 9.31. The number of aromatic amines is 1. The first-order valence-electron chi connectivity index (χ1n) is 5.62. The number of rotatable bonds is 1. The van der Waals surface area contributed by atoms with Crippen LogP contribution in [0.2, 0.25) is 0 Å². The Balaban J connectivity index is 2.08. The number of nitrogens with one attached hydrogen (secondary N) is 1. The average molecular weight is 224 g/mol. The van der Waals surface area contributed by atoms with E-state index in [0.717, 1.165) is 16.6 Å². The molecule has 2 heterocycles. The zero-order valence-corrected chi connectivity index (χ0v) is 9.31. The molecule has 2 aromatic rings. The number of benzene rings is 1. The summed E-state index contributed by atoms with van der Waals surface area (Å²) in [7, 11) is 0. The summed E-state index contributed by atoms with van der Waals surface area (Å²) in [5.74, 6) is 2.82. The maximum Gasteiger partial charge on any atom is 0.228 e. The first kappa shape index (κ1) is 9.98. The predicted molar refractivity (Wildman–Crippen MR) is 67.6 cm³/mol. The Bertz CT molecular complexity index is 620. The van der Waals surface area contributed by atoms with Crippen molar-refractivity contribution in [3.8, 4) is 12.3 Å². The van der Waals surface area contributed by atoms with Crippen LogP contribution in [-0.4, -0.2) is 17.4 Å². The highest BCUT2D eigenvalue weighted by Crippen LogP contribution is 2.30. The standard InChI is InChI=1S/C14H12N2O/c1-2-10-8-14(17)16(9-10)13-5-3-4-12-11(13)6-7-15-12/h1,3-7,10,15H,8-9H2. The lowest BCUT2D eigenvalue weighted by Crippen LogP contribution is -2.24. The SMILES string of the molecule is C#CC1CC(=O)N(c2cccc3[nH]ccc23)C1. The number of hydrogen-bond donors (Lipinski definition) is 1. The molecule has 1 N–H and O–H groups in total. The van der Waals surface area contributed by atoms with E-state index in [1.54, 1.807) is 4.90 Å². The molecule has 1 atom stereocenters. The highest BCUT2D eigenvalue weighted by Gasteiger charge is 2.30. The van der Waals surface area contributed by atoms with Gasteiger partial charge in [-0.1, -0.05) is 6.07 Å². The second kappa shape index (κ2) is 3.67. The van der Waals surface area contributed by atoms with Crippen molar-refractivity contribution < 1.29 is 4.79 Å². The molecule has 1 aliphatic rings. The molecule has 3 heteroatoms. The summed E-state index contributed by atoms with van der Waals surface area (Å²) < 4.78 is 0. The van der Waals surface area contributed by atoms with Gasteiger partial charge in [-0.25, -0.2) is 0 Å². The van der Waals surface area contributed by atoms with Gasteiger partial charge in [0.2, 0.25) is 5.91 Å². The van der Waals surface area contributed by atoms with Gasteiger partial charge in [-0.05, 0) is 18.2 Å². The molecule has 1 unspecified atom stereocenters. The molecule has 0 spiro atoms. The van der Waals surface area contributed by atoms with Gasteiger partial charge in [0.1, 0.15) is 0 Å². The molecule has 0 bridgehead atoms. The van der Waals surface area contributed by atoms with Crippen molar-refractivity contribution in [1.29, 1.82) is 0 Å². The Labute approximate surface area is 99.4 Å². The van der Waals surface area contributed by atoms with Gasteiger partial charge in [0.15, 0.2) is 0 Å². The molecule has 1 aromatic heterocycles. The zero-order chi connectivity index (χ0) is 11.8. The number of fused-ring (bicyclic) bond motifs is 1. The highest BCUT2D eigenvalue weighted by molar-refractivity contribution is 6.04. The Morgan fingerprint density at radius 1 is 1.41 bits per heavy atom. The Hall–Kier alpha value is -2.21. The minimum atomic E-state index is 0.0386. The van der Waals surface area contributed by atoms with E-state index >= 15 is 0 Å². The van der Waals surface area contributed by atoms with Crippen LogP contribution < -0.4 is 4.90 Å². The first-order chi connectivity index (χ1) is 8.29. The molecule has 17 heavy (non-hydrogen) atoms. The lowest BCUT2D eigenvalue weighted by molar-refractivity contribution is -0.117. The van der Waals surface area contributed by atoms with Crippen LogP contribution in [0.25, 0.3) is 10.9 Å². The molecule has 0 aliphatic carbocycles. The minimum absolute atomic E-state index is 0.0386. The number of nitrogens with zero attached hydrogens (tertiary/aromatic N) is 1. The quantitative estimate of drug-likeness (QED) is 0.740. The van der Waals surface area contributed by atoms with Gasteiger partial charge in [-0.3, -0.25) is 4.79 Å². The Kier molecular flexibility index (Phi) is 2.15. The average Bonchev–Trinajstić information content (AvgIpc) is 2.94. The number of carbonyl (C=O) groups excluding carboxylic acids is 1. The van der Waals surface area contributed by atoms with Crippen molar-refractivity contribution in [1.82, 2.24) is 4.98 Å². The molecule has 0 radical (unpaired) electrons. The van der Waals surface area contributed by atoms with Gasteiger partial charge < -0.3 is 9.88 Å². The number of carbonyl (C=O) groups is 1. The number of anilines is 1. The van der Waals surface area contributed by atoms with Gasteiger partial charge in [0.25, 0.3) is 0 Å². The van der Waals surface area contributed by atoms with E-state index in [4.69, 9.17) is 6.42 Å². The molecular formula is C14H12N2O. The monoisotopic (exact) mass is 224 g/mol. The minimum Gasteiger partial charge on any atom is -0.361 e. The topological polar surface area (TPSA) is 36.1 Å². The molecule has 84 valence electrons.